The van der Waals surface area contributed by atoms with Crippen LogP contribution in [0.15, 0.2) is 35.0 Å². The van der Waals surface area contributed by atoms with Gasteiger partial charge in [0.2, 0.25) is 0 Å². The summed E-state index contributed by atoms with van der Waals surface area (Å²) in [6.07, 6.45) is -3.57. The highest BCUT2D eigenvalue weighted by Gasteiger charge is 2.63. The first-order chi connectivity index (χ1) is 16.4. The summed E-state index contributed by atoms with van der Waals surface area (Å²) >= 11 is 12.3. The highest BCUT2D eigenvalue weighted by molar-refractivity contribution is 6.24. The summed E-state index contributed by atoms with van der Waals surface area (Å²) in [5, 5.41) is 6.42. The summed E-state index contributed by atoms with van der Waals surface area (Å²) < 4.78 is 42.8. The van der Waals surface area contributed by atoms with Gasteiger partial charge in [0.1, 0.15) is 12.6 Å². The molecular formula is C23H24Cl2F3N3O4. The molecule has 1 aromatic carbocycles. The number of hydrogen-bond donors (Lipinski definition) is 1. The van der Waals surface area contributed by atoms with Gasteiger partial charge in [-0.15, -0.1) is 23.2 Å². The van der Waals surface area contributed by atoms with Crippen molar-refractivity contribution in [3.8, 4) is 0 Å². The lowest BCUT2D eigenvalue weighted by molar-refractivity contribution is -0.254. The third-order valence-corrected chi connectivity index (χ3v) is 6.98. The predicted octanol–water partition coefficient (Wildman–Crippen LogP) is 4.25. The fraction of sp³-hybridized carbons (Fsp3) is 0.522. The van der Waals surface area contributed by atoms with E-state index in [4.69, 9.17) is 32.9 Å². The first-order valence-electron chi connectivity index (χ1n) is 11.1. The van der Waals surface area contributed by atoms with Crippen LogP contribution in [-0.4, -0.2) is 64.3 Å². The van der Waals surface area contributed by atoms with Crippen molar-refractivity contribution in [3.05, 3.63) is 46.5 Å². The van der Waals surface area contributed by atoms with Crippen LogP contribution in [0.1, 0.15) is 47.7 Å². The third kappa shape index (κ3) is 4.88. The number of rotatable bonds is 5. The van der Waals surface area contributed by atoms with Crippen molar-refractivity contribution in [2.45, 2.75) is 61.7 Å². The van der Waals surface area contributed by atoms with Gasteiger partial charge in [-0.3, -0.25) is 14.4 Å². The molecule has 2 heterocycles. The smallest absolute Gasteiger partial charge is 0.374 e. The molecule has 3 aliphatic rings. The van der Waals surface area contributed by atoms with Crippen LogP contribution in [0.5, 0.6) is 0 Å². The molecule has 0 radical (unpaired) electrons. The number of alkyl halides is 5. The van der Waals surface area contributed by atoms with Crippen molar-refractivity contribution in [2.75, 3.05) is 13.2 Å². The number of oxime groups is 1. The second-order valence-corrected chi connectivity index (χ2v) is 9.94. The highest BCUT2D eigenvalue weighted by atomic mass is 35.5. The Hall–Kier alpha value is -2.30. The number of hydrogen-bond acceptors (Lipinski definition) is 5. The van der Waals surface area contributed by atoms with E-state index in [1.807, 2.05) is 0 Å². The molecule has 1 N–H and O–H groups in total. The Morgan fingerprint density at radius 1 is 1.34 bits per heavy atom. The summed E-state index contributed by atoms with van der Waals surface area (Å²) in [7, 11) is 0. The molecule has 190 valence electrons. The van der Waals surface area contributed by atoms with Crippen LogP contribution in [-0.2, 0) is 14.5 Å². The molecule has 0 saturated carbocycles. The van der Waals surface area contributed by atoms with Crippen LogP contribution in [0, 0.1) is 6.92 Å². The van der Waals surface area contributed by atoms with E-state index in [-0.39, 0.29) is 35.8 Å². The maximum Gasteiger partial charge on any atom is 0.435 e. The van der Waals surface area contributed by atoms with Gasteiger partial charge in [0, 0.05) is 23.9 Å². The Morgan fingerprint density at radius 2 is 2.09 bits per heavy atom. The number of allylic oxidation sites excluding steroid dienone is 1. The molecule has 1 saturated heterocycles. The maximum absolute atomic E-state index is 14.3. The lowest BCUT2D eigenvalue weighted by Crippen LogP contribution is -2.48. The van der Waals surface area contributed by atoms with Crippen molar-refractivity contribution in [2.24, 2.45) is 5.16 Å². The standard InChI is InChI=1S/C23H24Cl2F3N3O4/c1-3-31-21(33)19(11-34-31)29-20(32)17-5-4-13(6-12(17)2)18-10-22(35-30-18,23(26,27)28)14-7-15(24)9-16(25)8-14/h4-7,15-16,19H,3,8-11H2,1-2H3,(H,29,32)/t15?,16?,19-,22-/m1/s1. The van der Waals surface area contributed by atoms with Gasteiger partial charge in [-0.1, -0.05) is 17.3 Å². The van der Waals surface area contributed by atoms with Crippen molar-refractivity contribution in [3.63, 3.8) is 0 Å². The number of carbonyl (C=O) groups excluding carboxylic acids is 2. The lowest BCUT2D eigenvalue weighted by atomic mass is 9.80. The topological polar surface area (TPSA) is 80.2 Å². The summed E-state index contributed by atoms with van der Waals surface area (Å²) in [5.41, 5.74) is -1.40. The summed E-state index contributed by atoms with van der Waals surface area (Å²) in [6.45, 7) is 3.79. The van der Waals surface area contributed by atoms with Crippen LogP contribution in [0.2, 0.25) is 0 Å². The quantitative estimate of drug-likeness (QED) is 0.453. The monoisotopic (exact) mass is 533 g/mol. The van der Waals surface area contributed by atoms with Crippen molar-refractivity contribution in [1.82, 2.24) is 10.4 Å². The molecule has 1 fully saturated rings. The number of benzene rings is 1. The molecule has 0 spiro atoms. The molecule has 2 aliphatic heterocycles. The number of nitrogens with one attached hydrogen (secondary N) is 1. The Morgan fingerprint density at radius 3 is 2.69 bits per heavy atom. The highest BCUT2D eigenvalue weighted by Crippen LogP contribution is 2.49. The Bertz CT molecular complexity index is 1090. The number of hydroxylamine groups is 2. The minimum Gasteiger partial charge on any atom is -0.374 e. The Kier molecular flexibility index (Phi) is 7.09. The number of amides is 2. The molecule has 0 bridgehead atoms. The zero-order valence-corrected chi connectivity index (χ0v) is 20.5. The van der Waals surface area contributed by atoms with Crippen LogP contribution in [0.25, 0.3) is 0 Å². The van der Waals surface area contributed by atoms with E-state index in [1.165, 1.54) is 23.3 Å². The molecule has 1 aliphatic carbocycles. The van der Waals surface area contributed by atoms with Gasteiger partial charge in [-0.25, -0.2) is 5.06 Å². The molecule has 2 unspecified atom stereocenters. The molecule has 12 heteroatoms. The molecule has 4 atom stereocenters. The van der Waals surface area contributed by atoms with Crippen molar-refractivity contribution < 1.29 is 32.4 Å². The fourth-order valence-corrected chi connectivity index (χ4v) is 5.29. The summed E-state index contributed by atoms with van der Waals surface area (Å²) in [4.78, 5) is 35.2. The second-order valence-electron chi connectivity index (χ2n) is 8.76. The van der Waals surface area contributed by atoms with Crippen LogP contribution >= 0.6 is 23.2 Å². The first kappa shape index (κ1) is 25.8. The molecule has 4 rings (SSSR count). The normalized spacial score (nSPS) is 29.1. The van der Waals surface area contributed by atoms with Gasteiger partial charge in [-0.2, -0.15) is 13.2 Å². The number of nitrogens with zero attached hydrogens (tertiary/aromatic N) is 2. The molecule has 2 amide bonds. The molecular weight excluding hydrogens is 510 g/mol. The fourth-order valence-electron chi connectivity index (χ4n) is 4.47. The van der Waals surface area contributed by atoms with Crippen molar-refractivity contribution in [1.29, 1.82) is 0 Å². The number of likely N-dealkylation sites (N-methyl/N-ethyl adjacent to an activating group) is 1. The number of carbonyl (C=O) groups is 2. The summed E-state index contributed by atoms with van der Waals surface area (Å²) in [5.74, 6) is -0.830. The average molecular weight is 534 g/mol. The van der Waals surface area contributed by atoms with Crippen molar-refractivity contribution >= 4 is 40.7 Å². The minimum atomic E-state index is -4.74. The van der Waals surface area contributed by atoms with E-state index in [2.05, 4.69) is 10.5 Å². The Balaban J connectivity index is 1.53. The van der Waals surface area contributed by atoms with Gasteiger partial charge in [-0.05, 0) is 55.5 Å². The van der Waals surface area contributed by atoms with Crippen LogP contribution in [0.4, 0.5) is 13.2 Å². The van der Waals surface area contributed by atoms with E-state index >= 15 is 0 Å². The van der Waals surface area contributed by atoms with Gasteiger partial charge in [0.25, 0.3) is 17.4 Å². The third-order valence-electron chi connectivity index (χ3n) is 6.35. The van der Waals surface area contributed by atoms with E-state index < -0.39 is 40.9 Å². The predicted molar refractivity (Wildman–Crippen MR) is 123 cm³/mol. The Labute approximate surface area is 210 Å². The zero-order valence-electron chi connectivity index (χ0n) is 19.0. The SMILES string of the molecule is CCN1OC[C@@H](NC(=O)c2ccc(C3=NO[C@](C4=CC(Cl)CC(Cl)C4)(C(F)(F)F)C3)cc2C)C1=O. The molecule has 35 heavy (non-hydrogen) atoms. The van der Waals surface area contributed by atoms with Gasteiger partial charge in [0.05, 0.1) is 11.1 Å². The average Bonchev–Trinajstić information content (AvgIpc) is 3.38. The zero-order chi connectivity index (χ0) is 25.5. The maximum atomic E-state index is 14.3. The summed E-state index contributed by atoms with van der Waals surface area (Å²) in [6, 6.07) is 3.75. The van der Waals surface area contributed by atoms with E-state index in [1.54, 1.807) is 19.9 Å². The lowest BCUT2D eigenvalue weighted by Gasteiger charge is -2.35. The first-order valence-corrected chi connectivity index (χ1v) is 12.0. The largest absolute Gasteiger partial charge is 0.435 e. The minimum absolute atomic E-state index is 0.00964. The van der Waals surface area contributed by atoms with E-state index in [9.17, 15) is 22.8 Å². The van der Waals surface area contributed by atoms with Crippen LogP contribution < -0.4 is 5.32 Å². The molecule has 0 aromatic heterocycles. The van der Waals surface area contributed by atoms with Gasteiger partial charge in [0.15, 0.2) is 0 Å². The molecule has 1 aromatic rings. The van der Waals surface area contributed by atoms with Gasteiger partial charge >= 0.3 is 6.18 Å². The van der Waals surface area contributed by atoms with E-state index in [0.29, 0.717) is 24.1 Å². The molecule has 7 nitrogen and oxygen atoms in total. The number of halogens is 5. The number of aryl methyl sites for hydroxylation is 1. The van der Waals surface area contributed by atoms with E-state index in [0.717, 1.165) is 0 Å². The van der Waals surface area contributed by atoms with Gasteiger partial charge < -0.3 is 10.2 Å². The second kappa shape index (κ2) is 9.63. The van der Waals surface area contributed by atoms with Crippen LogP contribution in [0.3, 0.4) is 0 Å².